The minimum absolute atomic E-state index is 0.0403. The maximum absolute atomic E-state index is 13.1. The molecule has 1 amide bonds. The van der Waals surface area contributed by atoms with E-state index in [0.29, 0.717) is 5.75 Å². The third-order valence-corrected chi connectivity index (χ3v) is 5.64. The summed E-state index contributed by atoms with van der Waals surface area (Å²) in [7, 11) is -2.58. The van der Waals surface area contributed by atoms with Crippen LogP contribution >= 0.6 is 0 Å². The molecule has 0 saturated heterocycles. The number of carbonyl (C=O) groups is 1. The monoisotopic (exact) mass is 364 g/mol. The molecule has 0 bridgehead atoms. The molecule has 0 fully saturated rings. The summed E-state index contributed by atoms with van der Waals surface area (Å²) in [6.45, 7) is 3.23. The molecule has 1 atom stereocenters. The van der Waals surface area contributed by atoms with Crippen molar-refractivity contribution in [2.45, 2.75) is 24.8 Å². The van der Waals surface area contributed by atoms with E-state index in [1.807, 2.05) is 6.92 Å². The number of ether oxygens (including phenoxy) is 1. The van der Waals surface area contributed by atoms with Crippen molar-refractivity contribution in [3.63, 3.8) is 0 Å². The van der Waals surface area contributed by atoms with Crippen LogP contribution in [0, 0.1) is 6.92 Å². The lowest BCUT2D eigenvalue weighted by Gasteiger charge is -2.29. The van der Waals surface area contributed by atoms with Gasteiger partial charge in [-0.25, -0.2) is 13.9 Å². The average molecular weight is 364 g/mol. The highest BCUT2D eigenvalue weighted by Gasteiger charge is 2.33. The topological polar surface area (TPSA) is 95.9 Å². The van der Waals surface area contributed by atoms with Crippen LogP contribution in [0.4, 0.5) is 5.69 Å². The Morgan fingerprint density at radius 3 is 2.40 bits per heavy atom. The maximum Gasteiger partial charge on any atom is 0.266 e. The molecule has 2 aromatic rings. The molecule has 134 valence electrons. The van der Waals surface area contributed by atoms with Gasteiger partial charge in [-0.05, 0) is 38.1 Å². The first-order valence-electron chi connectivity index (χ1n) is 7.50. The smallest absolute Gasteiger partial charge is 0.266 e. The quantitative estimate of drug-likeness (QED) is 0.604. The third-order valence-electron chi connectivity index (χ3n) is 3.73. The van der Waals surface area contributed by atoms with Crippen LogP contribution in [0.15, 0.2) is 53.4 Å². The Morgan fingerprint density at radius 2 is 1.84 bits per heavy atom. The van der Waals surface area contributed by atoms with Crippen LogP contribution in [0.2, 0.25) is 0 Å². The number of nitrogens with zero attached hydrogens (tertiary/aromatic N) is 1. The van der Waals surface area contributed by atoms with Gasteiger partial charge in [0.15, 0.2) is 0 Å². The highest BCUT2D eigenvalue weighted by Crippen LogP contribution is 2.29. The van der Waals surface area contributed by atoms with Crippen molar-refractivity contribution in [2.75, 3.05) is 11.4 Å². The van der Waals surface area contributed by atoms with E-state index in [9.17, 15) is 13.2 Å². The van der Waals surface area contributed by atoms with E-state index < -0.39 is 22.0 Å². The van der Waals surface area contributed by atoms with Gasteiger partial charge in [0.1, 0.15) is 11.8 Å². The van der Waals surface area contributed by atoms with Gasteiger partial charge in [0.2, 0.25) is 0 Å². The minimum atomic E-state index is -4.04. The molecule has 0 radical (unpaired) electrons. The van der Waals surface area contributed by atoms with E-state index >= 15 is 0 Å². The second-order valence-electron chi connectivity index (χ2n) is 5.47. The van der Waals surface area contributed by atoms with Gasteiger partial charge < -0.3 is 4.74 Å². The standard InChI is InChI=1S/C17H20N2O5S/c1-12-7-9-16(10-8-12)25(22,23)19(13(2)17(20)18-21)14-5-4-6-15(11-14)24-3/h4-11,13,21H,1-3H3,(H,18,20). The Morgan fingerprint density at radius 1 is 1.20 bits per heavy atom. The number of amides is 1. The number of sulfonamides is 1. The number of rotatable bonds is 6. The summed E-state index contributed by atoms with van der Waals surface area (Å²) in [5, 5.41) is 8.93. The van der Waals surface area contributed by atoms with Gasteiger partial charge in [-0.15, -0.1) is 0 Å². The van der Waals surface area contributed by atoms with Crippen LogP contribution < -0.4 is 14.5 Å². The first-order valence-corrected chi connectivity index (χ1v) is 8.94. The molecule has 0 saturated carbocycles. The van der Waals surface area contributed by atoms with Crippen LogP contribution in [0.3, 0.4) is 0 Å². The van der Waals surface area contributed by atoms with Gasteiger partial charge in [0.25, 0.3) is 15.9 Å². The molecule has 0 aliphatic rings. The molecule has 0 aliphatic heterocycles. The van der Waals surface area contributed by atoms with Crippen molar-refractivity contribution in [3.8, 4) is 5.75 Å². The summed E-state index contributed by atoms with van der Waals surface area (Å²) in [5.41, 5.74) is 2.66. The molecule has 2 N–H and O–H groups in total. The molecular formula is C17H20N2O5S. The van der Waals surface area contributed by atoms with Crippen molar-refractivity contribution in [1.82, 2.24) is 5.48 Å². The molecule has 0 aromatic heterocycles. The van der Waals surface area contributed by atoms with Crippen LogP contribution in [0.5, 0.6) is 5.75 Å². The van der Waals surface area contributed by atoms with Gasteiger partial charge in [-0.1, -0.05) is 23.8 Å². The van der Waals surface area contributed by atoms with Gasteiger partial charge in [-0.2, -0.15) is 0 Å². The summed E-state index contributed by atoms with van der Waals surface area (Å²) in [6.07, 6.45) is 0. The maximum atomic E-state index is 13.1. The largest absolute Gasteiger partial charge is 0.497 e. The molecule has 7 nitrogen and oxygen atoms in total. The zero-order valence-corrected chi connectivity index (χ0v) is 14.9. The number of hydroxylamine groups is 1. The molecule has 0 heterocycles. The highest BCUT2D eigenvalue weighted by molar-refractivity contribution is 7.92. The summed E-state index contributed by atoms with van der Waals surface area (Å²) < 4.78 is 32.3. The number of nitrogens with one attached hydrogen (secondary N) is 1. The number of hydrogen-bond acceptors (Lipinski definition) is 5. The summed E-state index contributed by atoms with van der Waals surface area (Å²) in [4.78, 5) is 12.0. The predicted octanol–water partition coefficient (Wildman–Crippen LogP) is 2.09. The van der Waals surface area contributed by atoms with Crippen LogP contribution in [-0.4, -0.2) is 32.7 Å². The van der Waals surface area contributed by atoms with E-state index in [4.69, 9.17) is 9.94 Å². The fourth-order valence-corrected chi connectivity index (χ4v) is 3.95. The SMILES string of the molecule is COc1cccc(N(C(C)C(=O)NO)S(=O)(=O)c2ccc(C)cc2)c1. The van der Waals surface area contributed by atoms with Crippen molar-refractivity contribution in [3.05, 3.63) is 54.1 Å². The third kappa shape index (κ3) is 3.92. The van der Waals surface area contributed by atoms with E-state index in [0.717, 1.165) is 9.87 Å². The Labute approximate surface area is 146 Å². The van der Waals surface area contributed by atoms with E-state index in [2.05, 4.69) is 0 Å². The molecule has 25 heavy (non-hydrogen) atoms. The number of carbonyl (C=O) groups excluding carboxylic acids is 1. The number of methoxy groups -OCH3 is 1. The lowest BCUT2D eigenvalue weighted by atomic mass is 10.2. The van der Waals surface area contributed by atoms with Crippen molar-refractivity contribution in [1.29, 1.82) is 0 Å². The van der Waals surface area contributed by atoms with Crippen LogP contribution in [-0.2, 0) is 14.8 Å². The predicted molar refractivity (Wildman–Crippen MR) is 93.2 cm³/mol. The highest BCUT2D eigenvalue weighted by atomic mass is 32.2. The number of benzene rings is 2. The minimum Gasteiger partial charge on any atom is -0.497 e. The van der Waals surface area contributed by atoms with Gasteiger partial charge in [-0.3, -0.25) is 14.3 Å². The van der Waals surface area contributed by atoms with E-state index in [1.165, 1.54) is 37.7 Å². The Hall–Kier alpha value is -2.58. The zero-order chi connectivity index (χ0) is 18.6. The van der Waals surface area contributed by atoms with Crippen molar-refractivity contribution < 1.29 is 23.2 Å². The Kier molecular flexibility index (Phi) is 5.66. The first-order chi connectivity index (χ1) is 11.8. The fourth-order valence-electron chi connectivity index (χ4n) is 2.34. The molecule has 1 unspecified atom stereocenters. The number of aryl methyl sites for hydroxylation is 1. The Balaban J connectivity index is 2.61. The molecule has 0 aliphatic carbocycles. The molecule has 0 spiro atoms. The molecule has 8 heteroatoms. The van der Waals surface area contributed by atoms with E-state index in [1.54, 1.807) is 30.3 Å². The molecule has 2 aromatic carbocycles. The summed E-state index contributed by atoms with van der Waals surface area (Å²) in [5.74, 6) is -0.406. The van der Waals surface area contributed by atoms with Crippen molar-refractivity contribution in [2.24, 2.45) is 0 Å². The normalized spacial score (nSPS) is 12.3. The fraction of sp³-hybridized carbons (Fsp3) is 0.235. The second-order valence-corrected chi connectivity index (χ2v) is 7.28. The average Bonchev–Trinajstić information content (AvgIpc) is 2.61. The molecule has 2 rings (SSSR count). The van der Waals surface area contributed by atoms with Crippen LogP contribution in [0.1, 0.15) is 12.5 Å². The van der Waals surface area contributed by atoms with Gasteiger partial charge in [0, 0.05) is 6.07 Å². The summed E-state index contributed by atoms with van der Waals surface area (Å²) in [6, 6.07) is 11.5. The first kappa shape index (κ1) is 18.8. The number of hydrogen-bond donors (Lipinski definition) is 2. The zero-order valence-electron chi connectivity index (χ0n) is 14.1. The lowest BCUT2D eigenvalue weighted by molar-refractivity contribution is -0.129. The van der Waals surface area contributed by atoms with Gasteiger partial charge >= 0.3 is 0 Å². The summed E-state index contributed by atoms with van der Waals surface area (Å²) >= 11 is 0. The number of anilines is 1. The van der Waals surface area contributed by atoms with Gasteiger partial charge in [0.05, 0.1) is 17.7 Å². The second kappa shape index (κ2) is 7.54. The van der Waals surface area contributed by atoms with E-state index in [-0.39, 0.29) is 10.6 Å². The van der Waals surface area contributed by atoms with Crippen molar-refractivity contribution >= 4 is 21.6 Å². The Bertz CT molecular complexity index is 850. The lowest BCUT2D eigenvalue weighted by Crippen LogP contribution is -2.47. The van der Waals surface area contributed by atoms with Crippen LogP contribution in [0.25, 0.3) is 0 Å². The molecular weight excluding hydrogens is 344 g/mol.